The smallest absolute Gasteiger partial charge is 0.325 e. The lowest BCUT2D eigenvalue weighted by atomic mass is 10.0. The van der Waals surface area contributed by atoms with Crippen molar-refractivity contribution >= 4 is 28.5 Å². The number of hydrogen-bond acceptors (Lipinski definition) is 4. The summed E-state index contributed by atoms with van der Waals surface area (Å²) >= 11 is 6.13. The molecule has 1 aliphatic heterocycles. The summed E-state index contributed by atoms with van der Waals surface area (Å²) in [6.45, 7) is 3.79. The van der Waals surface area contributed by atoms with Crippen LogP contribution in [-0.2, 0) is 11.3 Å². The molecule has 4 rings (SSSR count). The number of carbonyl (C=O) groups is 1. The summed E-state index contributed by atoms with van der Waals surface area (Å²) < 4.78 is 0. The third-order valence-corrected chi connectivity index (χ3v) is 5.32. The molecule has 2 N–H and O–H groups in total. The molecule has 2 aromatic heterocycles. The number of pyridine rings is 1. The molecule has 0 saturated carbocycles. The molecule has 1 aromatic carbocycles. The standard InChI is InChI=1S/C20H21ClN4O2/c21-14-4-5-18-16(11-14)17(12-23-18)19(20(26)27)25-9-7-24(8-10-25)13-15-3-1-2-6-22-15/h1-6,11-12,19,23H,7-10,13H2,(H,26,27). The third kappa shape index (κ3) is 3.83. The van der Waals surface area contributed by atoms with Crippen LogP contribution in [-0.4, -0.2) is 57.0 Å². The summed E-state index contributed by atoms with van der Waals surface area (Å²) in [6, 6.07) is 10.7. The zero-order valence-electron chi connectivity index (χ0n) is 14.8. The second-order valence-electron chi connectivity index (χ2n) is 6.81. The van der Waals surface area contributed by atoms with E-state index in [4.69, 9.17) is 11.6 Å². The Morgan fingerprint density at radius 2 is 2.04 bits per heavy atom. The maximum absolute atomic E-state index is 12.1. The van der Waals surface area contributed by atoms with Crippen LogP contribution >= 0.6 is 11.6 Å². The highest BCUT2D eigenvalue weighted by molar-refractivity contribution is 6.31. The molecule has 0 radical (unpaired) electrons. The molecule has 0 aliphatic carbocycles. The van der Waals surface area contributed by atoms with Gasteiger partial charge in [0.15, 0.2) is 0 Å². The summed E-state index contributed by atoms with van der Waals surface area (Å²) in [5.41, 5.74) is 2.69. The summed E-state index contributed by atoms with van der Waals surface area (Å²) in [6.07, 6.45) is 3.59. The molecule has 0 spiro atoms. The Morgan fingerprint density at radius 1 is 1.22 bits per heavy atom. The van der Waals surface area contributed by atoms with E-state index in [1.54, 1.807) is 18.5 Å². The zero-order valence-corrected chi connectivity index (χ0v) is 15.6. The Balaban J connectivity index is 1.50. The maximum Gasteiger partial charge on any atom is 0.325 e. The monoisotopic (exact) mass is 384 g/mol. The normalized spacial score (nSPS) is 17.2. The highest BCUT2D eigenvalue weighted by atomic mass is 35.5. The number of aromatic amines is 1. The van der Waals surface area contributed by atoms with Gasteiger partial charge in [0.1, 0.15) is 6.04 Å². The largest absolute Gasteiger partial charge is 0.480 e. The Labute approximate surface area is 162 Å². The molecule has 3 heterocycles. The lowest BCUT2D eigenvalue weighted by molar-refractivity contribution is -0.144. The van der Waals surface area contributed by atoms with Gasteiger partial charge in [-0.25, -0.2) is 0 Å². The van der Waals surface area contributed by atoms with Crippen molar-refractivity contribution < 1.29 is 9.90 Å². The number of fused-ring (bicyclic) bond motifs is 1. The Bertz CT molecular complexity index is 936. The minimum absolute atomic E-state index is 0.604. The minimum atomic E-state index is -0.839. The van der Waals surface area contributed by atoms with E-state index < -0.39 is 12.0 Å². The number of carboxylic acids is 1. The number of aliphatic carboxylic acids is 1. The number of halogens is 1. The Morgan fingerprint density at radius 3 is 2.74 bits per heavy atom. The summed E-state index contributed by atoms with van der Waals surface area (Å²) in [7, 11) is 0. The van der Waals surface area contributed by atoms with Gasteiger partial charge in [0.05, 0.1) is 5.69 Å². The second-order valence-corrected chi connectivity index (χ2v) is 7.24. The van der Waals surface area contributed by atoms with Crippen molar-refractivity contribution in [3.8, 4) is 0 Å². The second kappa shape index (κ2) is 7.68. The van der Waals surface area contributed by atoms with Gasteiger partial charge in [-0.05, 0) is 30.3 Å². The lowest BCUT2D eigenvalue weighted by Gasteiger charge is -2.37. The SMILES string of the molecule is O=C(O)C(c1c[nH]c2ccc(Cl)cc12)N1CCN(Cc2ccccn2)CC1. The number of carboxylic acid groups (broad SMARTS) is 1. The molecule has 1 saturated heterocycles. The summed E-state index contributed by atoms with van der Waals surface area (Å²) in [5, 5.41) is 11.4. The minimum Gasteiger partial charge on any atom is -0.480 e. The van der Waals surface area contributed by atoms with Crippen molar-refractivity contribution in [2.75, 3.05) is 26.2 Å². The average molecular weight is 385 g/mol. The van der Waals surface area contributed by atoms with Gasteiger partial charge in [-0.15, -0.1) is 0 Å². The number of nitrogens with one attached hydrogen (secondary N) is 1. The topological polar surface area (TPSA) is 72.5 Å². The first-order valence-corrected chi connectivity index (χ1v) is 9.35. The van der Waals surface area contributed by atoms with Gasteiger partial charge >= 0.3 is 5.97 Å². The fourth-order valence-corrected chi connectivity index (χ4v) is 3.90. The molecule has 7 heteroatoms. The summed E-state index contributed by atoms with van der Waals surface area (Å²) in [4.78, 5) is 24.0. The van der Waals surface area contributed by atoms with Crippen molar-refractivity contribution in [3.63, 3.8) is 0 Å². The molecular weight excluding hydrogens is 364 g/mol. The van der Waals surface area contributed by atoms with Crippen molar-refractivity contribution in [2.45, 2.75) is 12.6 Å². The van der Waals surface area contributed by atoms with E-state index in [0.717, 1.165) is 41.8 Å². The van der Waals surface area contributed by atoms with E-state index in [2.05, 4.69) is 14.9 Å². The number of benzene rings is 1. The van der Waals surface area contributed by atoms with E-state index in [9.17, 15) is 9.90 Å². The van der Waals surface area contributed by atoms with Crippen LogP contribution in [0.4, 0.5) is 0 Å². The van der Waals surface area contributed by atoms with Crippen LogP contribution in [0, 0.1) is 0 Å². The molecule has 3 aromatic rings. The van der Waals surface area contributed by atoms with Crippen LogP contribution in [0.3, 0.4) is 0 Å². The van der Waals surface area contributed by atoms with Crippen molar-refractivity contribution in [1.29, 1.82) is 0 Å². The van der Waals surface area contributed by atoms with Crippen LogP contribution in [0.25, 0.3) is 10.9 Å². The number of piperazine rings is 1. The van der Waals surface area contributed by atoms with Gasteiger partial charge in [-0.1, -0.05) is 17.7 Å². The van der Waals surface area contributed by atoms with Crippen LogP contribution in [0.1, 0.15) is 17.3 Å². The molecule has 0 amide bonds. The number of hydrogen-bond donors (Lipinski definition) is 2. The van der Waals surface area contributed by atoms with Crippen LogP contribution in [0.5, 0.6) is 0 Å². The predicted molar refractivity (Wildman–Crippen MR) is 105 cm³/mol. The first kappa shape index (κ1) is 18.0. The molecule has 27 heavy (non-hydrogen) atoms. The van der Waals surface area contributed by atoms with Gasteiger partial charge in [0, 0.05) is 66.6 Å². The van der Waals surface area contributed by atoms with Gasteiger partial charge in [-0.2, -0.15) is 0 Å². The van der Waals surface area contributed by atoms with Gasteiger partial charge in [-0.3, -0.25) is 19.6 Å². The van der Waals surface area contributed by atoms with Crippen molar-refractivity contribution in [2.24, 2.45) is 0 Å². The highest BCUT2D eigenvalue weighted by Gasteiger charge is 2.32. The maximum atomic E-state index is 12.1. The van der Waals surface area contributed by atoms with Crippen LogP contribution in [0.15, 0.2) is 48.8 Å². The van der Waals surface area contributed by atoms with Crippen molar-refractivity contribution in [1.82, 2.24) is 19.8 Å². The van der Waals surface area contributed by atoms with Crippen LogP contribution in [0.2, 0.25) is 5.02 Å². The van der Waals surface area contributed by atoms with Gasteiger partial charge in [0.2, 0.25) is 0 Å². The molecule has 140 valence electrons. The molecule has 1 unspecified atom stereocenters. The third-order valence-electron chi connectivity index (χ3n) is 5.09. The highest BCUT2D eigenvalue weighted by Crippen LogP contribution is 2.31. The predicted octanol–water partition coefficient (Wildman–Crippen LogP) is 3.16. The van der Waals surface area contributed by atoms with E-state index in [-0.39, 0.29) is 0 Å². The average Bonchev–Trinajstić information content (AvgIpc) is 3.07. The summed E-state index contributed by atoms with van der Waals surface area (Å²) in [5.74, 6) is -0.839. The number of H-pyrrole nitrogens is 1. The zero-order chi connectivity index (χ0) is 18.8. The Kier molecular flexibility index (Phi) is 5.11. The number of rotatable bonds is 5. The van der Waals surface area contributed by atoms with Gasteiger partial charge in [0.25, 0.3) is 0 Å². The molecule has 1 fully saturated rings. The molecule has 1 atom stereocenters. The first-order valence-electron chi connectivity index (χ1n) is 8.97. The number of nitrogens with zero attached hydrogens (tertiary/aromatic N) is 3. The van der Waals surface area contributed by atoms with E-state index >= 15 is 0 Å². The lowest BCUT2D eigenvalue weighted by Crippen LogP contribution is -2.48. The molecule has 1 aliphatic rings. The molecule has 0 bridgehead atoms. The van der Waals surface area contributed by atoms with Crippen LogP contribution < -0.4 is 0 Å². The first-order chi connectivity index (χ1) is 13.1. The fourth-order valence-electron chi connectivity index (χ4n) is 3.73. The van der Waals surface area contributed by atoms with E-state index in [0.29, 0.717) is 18.1 Å². The van der Waals surface area contributed by atoms with Gasteiger partial charge < -0.3 is 10.1 Å². The molecular formula is C20H21ClN4O2. The number of aromatic nitrogens is 2. The molecule has 6 nitrogen and oxygen atoms in total. The van der Waals surface area contributed by atoms with Crippen molar-refractivity contribution in [3.05, 3.63) is 65.1 Å². The van der Waals surface area contributed by atoms with E-state index in [1.807, 2.05) is 35.2 Å². The van der Waals surface area contributed by atoms with E-state index in [1.165, 1.54) is 0 Å². The fraction of sp³-hybridized carbons (Fsp3) is 0.300. The Hall–Kier alpha value is -2.41. The quantitative estimate of drug-likeness (QED) is 0.707.